The molecule has 3 rings (SSSR count). The Bertz CT molecular complexity index is 600. The number of aliphatic imine (C=N–C) groups is 1. The molecule has 0 bridgehead atoms. The second kappa shape index (κ2) is 6.45. The van der Waals surface area contributed by atoms with Gasteiger partial charge < -0.3 is 15.7 Å². The molecule has 1 atom stereocenters. The van der Waals surface area contributed by atoms with Gasteiger partial charge in [0, 0.05) is 22.2 Å². The molecule has 21 heavy (non-hydrogen) atoms. The summed E-state index contributed by atoms with van der Waals surface area (Å²) in [5, 5.41) is 18.1. The van der Waals surface area contributed by atoms with Crippen LogP contribution < -0.4 is 10.6 Å². The number of nitrogens with one attached hydrogen (secondary N) is 2. The number of aliphatic hydroxyl groups excluding tert-OH is 1. The maximum Gasteiger partial charge on any atom is 0.191 e. The standard InChI is InChI=1S/C16H21N3OS/c1-2-17-16(19-12-7-8-12)18-10-13(20)15-9-11-5-3-4-6-14(11)21-15/h3-6,9,12-13,20H,2,7-8,10H2,1H3,(H2,17,18,19). The van der Waals surface area contributed by atoms with Crippen LogP contribution in [0.25, 0.3) is 10.1 Å². The molecule has 1 aliphatic carbocycles. The Kier molecular flexibility index (Phi) is 4.41. The van der Waals surface area contributed by atoms with Crippen molar-refractivity contribution >= 4 is 27.4 Å². The van der Waals surface area contributed by atoms with E-state index < -0.39 is 6.10 Å². The van der Waals surface area contributed by atoms with E-state index in [0.29, 0.717) is 12.6 Å². The predicted octanol–water partition coefficient (Wildman–Crippen LogP) is 2.65. The van der Waals surface area contributed by atoms with Crippen molar-refractivity contribution in [2.45, 2.75) is 31.9 Å². The van der Waals surface area contributed by atoms with Gasteiger partial charge in [0.25, 0.3) is 0 Å². The largest absolute Gasteiger partial charge is 0.386 e. The Morgan fingerprint density at radius 2 is 2.24 bits per heavy atom. The molecule has 0 saturated heterocycles. The van der Waals surface area contributed by atoms with E-state index in [0.717, 1.165) is 17.4 Å². The molecule has 1 aromatic carbocycles. The Morgan fingerprint density at radius 3 is 2.95 bits per heavy atom. The zero-order valence-electron chi connectivity index (χ0n) is 12.2. The number of benzene rings is 1. The van der Waals surface area contributed by atoms with Gasteiger partial charge in [0.2, 0.25) is 0 Å². The van der Waals surface area contributed by atoms with E-state index in [1.54, 1.807) is 11.3 Å². The van der Waals surface area contributed by atoms with E-state index in [4.69, 9.17) is 0 Å². The topological polar surface area (TPSA) is 56.7 Å². The first-order valence-corrected chi connectivity index (χ1v) is 8.29. The summed E-state index contributed by atoms with van der Waals surface area (Å²) in [5.41, 5.74) is 0. The highest BCUT2D eigenvalue weighted by Crippen LogP contribution is 2.29. The van der Waals surface area contributed by atoms with Gasteiger partial charge in [-0.2, -0.15) is 0 Å². The second-order valence-corrected chi connectivity index (χ2v) is 6.46. The summed E-state index contributed by atoms with van der Waals surface area (Å²) in [6.07, 6.45) is 1.88. The number of hydrogen-bond acceptors (Lipinski definition) is 3. The zero-order chi connectivity index (χ0) is 14.7. The minimum absolute atomic E-state index is 0.384. The van der Waals surface area contributed by atoms with Gasteiger partial charge in [0.1, 0.15) is 6.10 Å². The van der Waals surface area contributed by atoms with Crippen LogP contribution in [-0.2, 0) is 0 Å². The smallest absolute Gasteiger partial charge is 0.191 e. The van der Waals surface area contributed by atoms with E-state index in [2.05, 4.69) is 33.8 Å². The summed E-state index contributed by atoms with van der Waals surface area (Å²) in [6, 6.07) is 10.8. The number of aliphatic hydroxyl groups is 1. The molecule has 1 saturated carbocycles. The van der Waals surface area contributed by atoms with Crippen molar-refractivity contribution in [2.75, 3.05) is 13.1 Å². The van der Waals surface area contributed by atoms with E-state index in [1.807, 2.05) is 19.1 Å². The van der Waals surface area contributed by atoms with Crippen LogP contribution in [0, 0.1) is 0 Å². The molecule has 3 N–H and O–H groups in total. The van der Waals surface area contributed by atoms with Crippen LogP contribution in [0.3, 0.4) is 0 Å². The van der Waals surface area contributed by atoms with Crippen molar-refractivity contribution in [1.82, 2.24) is 10.6 Å². The summed E-state index contributed by atoms with van der Waals surface area (Å²) < 4.78 is 1.21. The van der Waals surface area contributed by atoms with Crippen molar-refractivity contribution in [1.29, 1.82) is 0 Å². The van der Waals surface area contributed by atoms with Crippen LogP contribution >= 0.6 is 11.3 Å². The molecule has 1 aliphatic rings. The highest BCUT2D eigenvalue weighted by molar-refractivity contribution is 7.19. The lowest BCUT2D eigenvalue weighted by atomic mass is 10.2. The number of thiophene rings is 1. The van der Waals surface area contributed by atoms with Gasteiger partial charge in [-0.3, -0.25) is 4.99 Å². The monoisotopic (exact) mass is 303 g/mol. The SMILES string of the molecule is CCNC(=NCC(O)c1cc2ccccc2s1)NC1CC1. The fourth-order valence-corrected chi connectivity index (χ4v) is 3.22. The third kappa shape index (κ3) is 3.74. The Hall–Kier alpha value is -1.59. The van der Waals surface area contributed by atoms with Crippen molar-refractivity contribution in [3.63, 3.8) is 0 Å². The highest BCUT2D eigenvalue weighted by atomic mass is 32.1. The molecular weight excluding hydrogens is 282 g/mol. The van der Waals surface area contributed by atoms with Crippen molar-refractivity contribution < 1.29 is 5.11 Å². The van der Waals surface area contributed by atoms with Gasteiger partial charge in [-0.15, -0.1) is 11.3 Å². The first kappa shape index (κ1) is 14.4. The minimum Gasteiger partial charge on any atom is -0.386 e. The van der Waals surface area contributed by atoms with Crippen molar-refractivity contribution in [3.8, 4) is 0 Å². The number of nitrogens with zero attached hydrogens (tertiary/aromatic N) is 1. The Morgan fingerprint density at radius 1 is 1.43 bits per heavy atom. The summed E-state index contributed by atoms with van der Waals surface area (Å²) in [6.45, 7) is 3.26. The van der Waals surface area contributed by atoms with E-state index in [1.165, 1.54) is 22.9 Å². The van der Waals surface area contributed by atoms with Crippen LogP contribution in [0.5, 0.6) is 0 Å². The van der Waals surface area contributed by atoms with Crippen LogP contribution in [-0.4, -0.2) is 30.2 Å². The summed E-state index contributed by atoms with van der Waals surface area (Å²) in [7, 11) is 0. The number of fused-ring (bicyclic) bond motifs is 1. The lowest BCUT2D eigenvalue weighted by Crippen LogP contribution is -2.38. The van der Waals surface area contributed by atoms with Crippen molar-refractivity contribution in [3.05, 3.63) is 35.2 Å². The molecule has 1 heterocycles. The maximum absolute atomic E-state index is 10.3. The van der Waals surface area contributed by atoms with Gasteiger partial charge in [0.15, 0.2) is 5.96 Å². The normalized spacial score (nSPS) is 17.0. The van der Waals surface area contributed by atoms with Crippen molar-refractivity contribution in [2.24, 2.45) is 4.99 Å². The Labute approximate surface area is 128 Å². The average molecular weight is 303 g/mol. The first-order valence-electron chi connectivity index (χ1n) is 7.47. The Balaban J connectivity index is 1.67. The average Bonchev–Trinajstić information content (AvgIpc) is 3.19. The van der Waals surface area contributed by atoms with Gasteiger partial charge in [-0.1, -0.05) is 18.2 Å². The van der Waals surface area contributed by atoms with E-state index in [-0.39, 0.29) is 0 Å². The predicted molar refractivity (Wildman–Crippen MR) is 88.9 cm³/mol. The number of guanidine groups is 1. The van der Waals surface area contributed by atoms with Crippen LogP contribution in [0.2, 0.25) is 0 Å². The van der Waals surface area contributed by atoms with Crippen LogP contribution in [0.4, 0.5) is 0 Å². The molecule has 0 spiro atoms. The minimum atomic E-state index is -0.544. The molecule has 4 nitrogen and oxygen atoms in total. The molecular formula is C16H21N3OS. The summed E-state index contributed by atoms with van der Waals surface area (Å²) in [5.74, 6) is 0.806. The molecule has 112 valence electrons. The van der Waals surface area contributed by atoms with Gasteiger partial charge in [-0.05, 0) is 37.3 Å². The van der Waals surface area contributed by atoms with Crippen LogP contribution in [0.15, 0.2) is 35.3 Å². The van der Waals surface area contributed by atoms with E-state index in [9.17, 15) is 5.11 Å². The van der Waals surface area contributed by atoms with Gasteiger partial charge >= 0.3 is 0 Å². The molecule has 1 aromatic heterocycles. The lowest BCUT2D eigenvalue weighted by Gasteiger charge is -2.11. The van der Waals surface area contributed by atoms with Gasteiger partial charge in [-0.25, -0.2) is 0 Å². The van der Waals surface area contributed by atoms with E-state index >= 15 is 0 Å². The molecule has 2 aromatic rings. The number of rotatable bonds is 5. The lowest BCUT2D eigenvalue weighted by molar-refractivity contribution is 0.191. The first-order chi connectivity index (χ1) is 10.3. The fourth-order valence-electron chi connectivity index (χ4n) is 2.18. The molecule has 0 radical (unpaired) electrons. The maximum atomic E-state index is 10.3. The molecule has 0 amide bonds. The molecule has 0 aliphatic heterocycles. The number of hydrogen-bond donors (Lipinski definition) is 3. The summed E-state index contributed by atoms with van der Waals surface area (Å²) in [4.78, 5) is 5.47. The zero-order valence-corrected chi connectivity index (χ0v) is 13.0. The van der Waals surface area contributed by atoms with Crippen LogP contribution in [0.1, 0.15) is 30.7 Å². The fraction of sp³-hybridized carbons (Fsp3) is 0.438. The molecule has 1 unspecified atom stereocenters. The third-order valence-corrected chi connectivity index (χ3v) is 4.68. The third-order valence-electron chi connectivity index (χ3n) is 3.46. The molecule has 1 fully saturated rings. The highest BCUT2D eigenvalue weighted by Gasteiger charge is 2.22. The molecule has 5 heteroatoms. The van der Waals surface area contributed by atoms with Gasteiger partial charge in [0.05, 0.1) is 6.54 Å². The summed E-state index contributed by atoms with van der Waals surface area (Å²) >= 11 is 1.64. The second-order valence-electron chi connectivity index (χ2n) is 5.34. The quantitative estimate of drug-likeness (QED) is 0.588.